The number of amides is 3. The van der Waals surface area contributed by atoms with Crippen LogP contribution in [0.15, 0.2) is 47.4 Å². The summed E-state index contributed by atoms with van der Waals surface area (Å²) in [6.07, 6.45) is 1.64. The van der Waals surface area contributed by atoms with Crippen molar-refractivity contribution < 1.29 is 23.9 Å². The van der Waals surface area contributed by atoms with Crippen LogP contribution in [0.3, 0.4) is 0 Å². The van der Waals surface area contributed by atoms with E-state index in [1.54, 1.807) is 49.6 Å². The Hall–Kier alpha value is -2.53. The van der Waals surface area contributed by atoms with Gasteiger partial charge in [-0.2, -0.15) is 0 Å². The summed E-state index contributed by atoms with van der Waals surface area (Å²) in [6, 6.07) is 12.3. The van der Waals surface area contributed by atoms with Crippen molar-refractivity contribution in [2.75, 3.05) is 25.6 Å². The predicted octanol–water partition coefficient (Wildman–Crippen LogP) is 4.37. The van der Waals surface area contributed by atoms with Crippen molar-refractivity contribution in [2.45, 2.75) is 6.92 Å². The standard InChI is InChI=1S/C21H19IN2O5S/c1-3-29-15-7-5-14(6-8-15)23-19(25)12-24-20(26)18(30-21(24)27)11-13-4-9-17(28-2)16(22)10-13/h4-11H,3,12H2,1-2H3,(H,23,25)/b18-11+. The molecule has 0 saturated carbocycles. The number of carbonyl (C=O) groups excluding carboxylic acids is 3. The smallest absolute Gasteiger partial charge is 0.294 e. The van der Waals surface area contributed by atoms with Gasteiger partial charge in [0.1, 0.15) is 18.0 Å². The topological polar surface area (TPSA) is 84.9 Å². The van der Waals surface area contributed by atoms with Gasteiger partial charge in [0.05, 0.1) is 22.2 Å². The number of hydrogen-bond acceptors (Lipinski definition) is 6. The molecule has 156 valence electrons. The molecule has 1 saturated heterocycles. The average Bonchev–Trinajstić information content (AvgIpc) is 2.97. The van der Waals surface area contributed by atoms with Crippen molar-refractivity contribution >= 4 is 63.2 Å². The van der Waals surface area contributed by atoms with Gasteiger partial charge in [-0.3, -0.25) is 19.3 Å². The van der Waals surface area contributed by atoms with Crippen LogP contribution in [0.5, 0.6) is 11.5 Å². The summed E-state index contributed by atoms with van der Waals surface area (Å²) < 4.78 is 11.5. The Morgan fingerprint density at radius 2 is 1.93 bits per heavy atom. The molecule has 3 amide bonds. The maximum absolute atomic E-state index is 12.6. The van der Waals surface area contributed by atoms with Gasteiger partial charge in [0.15, 0.2) is 0 Å². The van der Waals surface area contributed by atoms with Crippen LogP contribution in [0.2, 0.25) is 0 Å². The number of benzene rings is 2. The Morgan fingerprint density at radius 3 is 2.57 bits per heavy atom. The Kier molecular flexibility index (Phi) is 7.38. The number of nitrogens with one attached hydrogen (secondary N) is 1. The van der Waals surface area contributed by atoms with Crippen LogP contribution >= 0.6 is 34.4 Å². The number of nitrogens with zero attached hydrogens (tertiary/aromatic N) is 1. The van der Waals surface area contributed by atoms with Gasteiger partial charge in [0, 0.05) is 5.69 Å². The molecule has 7 nitrogen and oxygen atoms in total. The number of hydrogen-bond donors (Lipinski definition) is 1. The molecule has 3 rings (SSSR count). The summed E-state index contributed by atoms with van der Waals surface area (Å²) in [5, 5.41) is 2.20. The summed E-state index contributed by atoms with van der Waals surface area (Å²) in [5.41, 5.74) is 1.32. The van der Waals surface area contributed by atoms with Gasteiger partial charge in [0.2, 0.25) is 5.91 Å². The number of imide groups is 1. The average molecular weight is 538 g/mol. The SMILES string of the molecule is CCOc1ccc(NC(=O)CN2C(=O)S/C(=C/c3ccc(OC)c(I)c3)C2=O)cc1. The van der Waals surface area contributed by atoms with Crippen molar-refractivity contribution in [3.63, 3.8) is 0 Å². The molecule has 0 unspecified atom stereocenters. The van der Waals surface area contributed by atoms with Crippen molar-refractivity contribution in [1.29, 1.82) is 0 Å². The second-order valence-corrected chi connectivity index (χ2v) is 8.32. The van der Waals surface area contributed by atoms with Gasteiger partial charge in [0.25, 0.3) is 11.1 Å². The van der Waals surface area contributed by atoms with Gasteiger partial charge >= 0.3 is 0 Å². The summed E-state index contributed by atoms with van der Waals surface area (Å²) in [5.74, 6) is 0.478. The number of anilines is 1. The van der Waals surface area contributed by atoms with Crippen molar-refractivity contribution in [2.24, 2.45) is 0 Å². The fourth-order valence-electron chi connectivity index (χ4n) is 2.71. The highest BCUT2D eigenvalue weighted by Gasteiger charge is 2.36. The molecule has 1 fully saturated rings. The molecule has 1 N–H and O–H groups in total. The molecule has 0 aromatic heterocycles. The number of rotatable bonds is 7. The highest BCUT2D eigenvalue weighted by atomic mass is 127. The van der Waals surface area contributed by atoms with Crippen LogP contribution in [-0.4, -0.2) is 42.2 Å². The molecule has 2 aromatic rings. The molecule has 1 aliphatic rings. The Labute approximate surface area is 191 Å². The second kappa shape index (κ2) is 9.98. The molecular formula is C21H19IN2O5S. The summed E-state index contributed by atoms with van der Waals surface area (Å²) in [4.78, 5) is 38.4. The third kappa shape index (κ3) is 5.33. The lowest BCUT2D eigenvalue weighted by molar-refractivity contribution is -0.127. The first kappa shape index (κ1) is 22.2. The lowest BCUT2D eigenvalue weighted by Gasteiger charge is -2.12. The fraction of sp³-hybridized carbons (Fsp3) is 0.190. The quantitative estimate of drug-likeness (QED) is 0.417. The van der Waals surface area contributed by atoms with E-state index in [1.165, 1.54) is 0 Å². The van der Waals surface area contributed by atoms with E-state index in [0.717, 1.165) is 31.5 Å². The van der Waals surface area contributed by atoms with Crippen molar-refractivity contribution in [1.82, 2.24) is 4.90 Å². The van der Waals surface area contributed by atoms with Crippen LogP contribution in [0.25, 0.3) is 6.08 Å². The van der Waals surface area contributed by atoms with Crippen LogP contribution < -0.4 is 14.8 Å². The number of thioether (sulfide) groups is 1. The van der Waals surface area contributed by atoms with E-state index in [9.17, 15) is 14.4 Å². The Balaban J connectivity index is 1.65. The summed E-state index contributed by atoms with van der Waals surface area (Å²) >= 11 is 2.95. The third-order valence-corrected chi connectivity index (χ3v) is 5.85. The number of ether oxygens (including phenoxy) is 2. The summed E-state index contributed by atoms with van der Waals surface area (Å²) in [6.45, 7) is 2.08. The molecule has 2 aromatic carbocycles. The molecular weight excluding hydrogens is 519 g/mol. The minimum atomic E-state index is -0.488. The van der Waals surface area contributed by atoms with Gasteiger partial charge in [-0.15, -0.1) is 0 Å². The monoisotopic (exact) mass is 538 g/mol. The predicted molar refractivity (Wildman–Crippen MR) is 125 cm³/mol. The van der Waals surface area contributed by atoms with E-state index in [-0.39, 0.29) is 11.4 Å². The maximum Gasteiger partial charge on any atom is 0.294 e. The highest BCUT2D eigenvalue weighted by molar-refractivity contribution is 14.1. The zero-order valence-corrected chi connectivity index (χ0v) is 19.3. The fourth-order valence-corrected chi connectivity index (χ4v) is 4.30. The van der Waals surface area contributed by atoms with E-state index < -0.39 is 17.1 Å². The maximum atomic E-state index is 12.6. The number of methoxy groups -OCH3 is 1. The zero-order valence-electron chi connectivity index (χ0n) is 16.3. The lowest BCUT2D eigenvalue weighted by Crippen LogP contribution is -2.36. The van der Waals surface area contributed by atoms with Crippen LogP contribution in [-0.2, 0) is 9.59 Å². The molecule has 0 aliphatic carbocycles. The van der Waals surface area contributed by atoms with Crippen LogP contribution in [0, 0.1) is 3.57 Å². The van der Waals surface area contributed by atoms with Crippen molar-refractivity contribution in [3.05, 3.63) is 56.5 Å². The third-order valence-electron chi connectivity index (χ3n) is 4.10. The van der Waals surface area contributed by atoms with Crippen LogP contribution in [0.1, 0.15) is 12.5 Å². The van der Waals surface area contributed by atoms with E-state index >= 15 is 0 Å². The Bertz CT molecular complexity index is 1010. The molecule has 0 radical (unpaired) electrons. The molecule has 0 atom stereocenters. The van der Waals surface area contributed by atoms with Crippen LogP contribution in [0.4, 0.5) is 10.5 Å². The molecule has 30 heavy (non-hydrogen) atoms. The second-order valence-electron chi connectivity index (χ2n) is 6.17. The largest absolute Gasteiger partial charge is 0.496 e. The highest BCUT2D eigenvalue weighted by Crippen LogP contribution is 2.33. The van der Waals surface area contributed by atoms with Gasteiger partial charge < -0.3 is 14.8 Å². The lowest BCUT2D eigenvalue weighted by atomic mass is 10.2. The molecule has 1 aliphatic heterocycles. The zero-order chi connectivity index (χ0) is 21.7. The summed E-state index contributed by atoms with van der Waals surface area (Å²) in [7, 11) is 1.58. The Morgan fingerprint density at radius 1 is 1.20 bits per heavy atom. The first-order valence-corrected chi connectivity index (χ1v) is 10.9. The van der Waals surface area contributed by atoms with Gasteiger partial charge in [-0.1, -0.05) is 6.07 Å². The normalized spacial score (nSPS) is 14.9. The molecule has 9 heteroatoms. The molecule has 1 heterocycles. The van der Waals surface area contributed by atoms with E-state index in [4.69, 9.17) is 9.47 Å². The first-order chi connectivity index (χ1) is 14.4. The number of halogens is 1. The minimum Gasteiger partial charge on any atom is -0.496 e. The van der Waals surface area contributed by atoms with E-state index in [0.29, 0.717) is 18.0 Å². The minimum absolute atomic E-state index is 0.273. The van der Waals surface area contributed by atoms with Gasteiger partial charge in [-0.25, -0.2) is 0 Å². The first-order valence-electron chi connectivity index (χ1n) is 9.03. The van der Waals surface area contributed by atoms with Gasteiger partial charge in [-0.05, 0) is 89.3 Å². The molecule has 0 bridgehead atoms. The number of carbonyl (C=O) groups is 3. The van der Waals surface area contributed by atoms with Crippen molar-refractivity contribution in [3.8, 4) is 11.5 Å². The molecule has 0 spiro atoms. The van der Waals surface area contributed by atoms with E-state index in [1.807, 2.05) is 13.0 Å². The van der Waals surface area contributed by atoms with E-state index in [2.05, 4.69) is 27.9 Å².